The number of nitrogens with one attached hydrogen (secondary N) is 1. The van der Waals surface area contributed by atoms with Crippen LogP contribution in [0.15, 0.2) is 48.0 Å². The van der Waals surface area contributed by atoms with Crippen molar-refractivity contribution in [1.29, 1.82) is 0 Å². The van der Waals surface area contributed by atoms with E-state index in [0.717, 1.165) is 30.5 Å². The molecule has 2 aromatic rings. The van der Waals surface area contributed by atoms with Crippen LogP contribution in [0, 0.1) is 6.92 Å². The van der Waals surface area contributed by atoms with Gasteiger partial charge < -0.3 is 19.6 Å². The zero-order valence-corrected chi connectivity index (χ0v) is 19.5. The fourth-order valence-corrected chi connectivity index (χ4v) is 4.15. The Hall–Kier alpha value is -3.12. The Bertz CT molecular complexity index is 1020. The highest BCUT2D eigenvalue weighted by atomic mass is 16.5. The van der Waals surface area contributed by atoms with E-state index < -0.39 is 23.5 Å². The number of amides is 1. The molecule has 0 bridgehead atoms. The number of ketones is 1. The minimum absolute atomic E-state index is 0.0321. The highest BCUT2D eigenvalue weighted by Gasteiger charge is 2.44. The van der Waals surface area contributed by atoms with Crippen molar-refractivity contribution >= 4 is 17.4 Å². The maximum atomic E-state index is 13.6. The number of aryl methyl sites for hydroxylation is 2. The summed E-state index contributed by atoms with van der Waals surface area (Å²) >= 11 is 0. The number of nitrogens with zero attached hydrogens (tertiary/aromatic N) is 1. The molecule has 6 heteroatoms. The molecule has 1 saturated heterocycles. The summed E-state index contributed by atoms with van der Waals surface area (Å²) in [6.07, 6.45) is 1.63. The van der Waals surface area contributed by atoms with Gasteiger partial charge in [-0.25, -0.2) is 0 Å². The van der Waals surface area contributed by atoms with Crippen molar-refractivity contribution in [2.24, 2.45) is 0 Å². The number of hydrogen-bond acceptors (Lipinski definition) is 4. The lowest BCUT2D eigenvalue weighted by Crippen LogP contribution is -3.05. The molecule has 1 heterocycles. The predicted octanol–water partition coefficient (Wildman–Crippen LogP) is 1.32. The summed E-state index contributed by atoms with van der Waals surface area (Å²) in [6, 6.07) is 12.3. The number of quaternary nitrogens is 1. The number of hydrogen-bond donors (Lipinski definition) is 1. The van der Waals surface area contributed by atoms with Crippen LogP contribution in [0.4, 0.5) is 0 Å². The highest BCUT2D eigenvalue weighted by molar-refractivity contribution is 6.46. The quantitative estimate of drug-likeness (QED) is 0.385. The first-order valence-electron chi connectivity index (χ1n) is 11.1. The Morgan fingerprint density at radius 3 is 2.38 bits per heavy atom. The zero-order valence-electron chi connectivity index (χ0n) is 19.5. The lowest BCUT2D eigenvalue weighted by atomic mass is 9.93. The molecule has 1 atom stereocenters. The third kappa shape index (κ3) is 4.70. The van der Waals surface area contributed by atoms with E-state index in [9.17, 15) is 14.7 Å². The Labute approximate surface area is 190 Å². The predicted molar refractivity (Wildman–Crippen MR) is 122 cm³/mol. The van der Waals surface area contributed by atoms with Crippen LogP contribution in [0.2, 0.25) is 0 Å². The molecule has 1 aliphatic heterocycles. The monoisotopic (exact) mass is 436 g/mol. The summed E-state index contributed by atoms with van der Waals surface area (Å²) in [6.45, 7) is 5.16. The summed E-state index contributed by atoms with van der Waals surface area (Å²) in [7, 11) is 5.66. The van der Waals surface area contributed by atoms with E-state index in [-0.39, 0.29) is 5.57 Å². The molecule has 0 radical (unpaired) electrons. The van der Waals surface area contributed by atoms with E-state index in [2.05, 4.69) is 6.92 Å². The normalized spacial score (nSPS) is 17.9. The molecule has 1 fully saturated rings. The molecule has 1 aliphatic rings. The van der Waals surface area contributed by atoms with Crippen LogP contribution in [0.3, 0.4) is 0 Å². The van der Waals surface area contributed by atoms with Crippen LogP contribution < -0.4 is 14.7 Å². The molecule has 1 N–H and O–H groups in total. The SMILES string of the molecule is CCc1ccc(C2C(=C([O-])c3ccc(OC)cc3C)C(=O)C(=O)N2CCC[NH+](C)C)cc1. The van der Waals surface area contributed by atoms with Gasteiger partial charge in [0.2, 0.25) is 5.78 Å². The fourth-order valence-electron chi connectivity index (χ4n) is 4.15. The average Bonchev–Trinajstić information content (AvgIpc) is 3.03. The fraction of sp³-hybridized carbons (Fsp3) is 0.385. The van der Waals surface area contributed by atoms with E-state index in [1.165, 1.54) is 4.90 Å². The van der Waals surface area contributed by atoms with Crippen molar-refractivity contribution in [3.63, 3.8) is 0 Å². The van der Waals surface area contributed by atoms with Crippen molar-refractivity contribution in [3.05, 3.63) is 70.3 Å². The van der Waals surface area contributed by atoms with Crippen LogP contribution in [0.1, 0.15) is 41.6 Å². The Morgan fingerprint density at radius 2 is 1.81 bits per heavy atom. The number of rotatable bonds is 8. The summed E-state index contributed by atoms with van der Waals surface area (Å²) in [4.78, 5) is 28.9. The second kappa shape index (κ2) is 10.0. The second-order valence-corrected chi connectivity index (χ2v) is 8.56. The Morgan fingerprint density at radius 1 is 1.12 bits per heavy atom. The van der Waals surface area contributed by atoms with Crippen LogP contribution in [0.25, 0.3) is 5.76 Å². The second-order valence-electron chi connectivity index (χ2n) is 8.56. The first-order chi connectivity index (χ1) is 15.3. The molecule has 0 saturated carbocycles. The van der Waals surface area contributed by atoms with Crippen LogP contribution in [-0.4, -0.2) is 50.9 Å². The van der Waals surface area contributed by atoms with Gasteiger partial charge in [-0.15, -0.1) is 0 Å². The molecule has 1 amide bonds. The number of methoxy groups -OCH3 is 1. The summed E-state index contributed by atoms with van der Waals surface area (Å²) < 4.78 is 5.24. The summed E-state index contributed by atoms with van der Waals surface area (Å²) in [5, 5.41) is 13.6. The molecule has 32 heavy (non-hydrogen) atoms. The largest absolute Gasteiger partial charge is 0.872 e. The van der Waals surface area contributed by atoms with Crippen molar-refractivity contribution in [2.75, 3.05) is 34.3 Å². The topological polar surface area (TPSA) is 74.1 Å². The van der Waals surface area contributed by atoms with E-state index in [1.807, 2.05) is 38.4 Å². The first kappa shape index (κ1) is 23.5. The smallest absolute Gasteiger partial charge is 0.295 e. The van der Waals surface area contributed by atoms with E-state index in [1.54, 1.807) is 37.1 Å². The molecule has 0 aromatic heterocycles. The third-order valence-corrected chi connectivity index (χ3v) is 5.99. The Kier molecular flexibility index (Phi) is 7.36. The lowest BCUT2D eigenvalue weighted by molar-refractivity contribution is -0.858. The maximum Gasteiger partial charge on any atom is 0.295 e. The van der Waals surface area contributed by atoms with Gasteiger partial charge in [0.25, 0.3) is 5.91 Å². The molecule has 3 rings (SSSR count). The van der Waals surface area contributed by atoms with Gasteiger partial charge in [0.05, 0.1) is 33.8 Å². The van der Waals surface area contributed by atoms with Gasteiger partial charge in [-0.2, -0.15) is 0 Å². The van der Waals surface area contributed by atoms with Crippen LogP contribution >= 0.6 is 0 Å². The summed E-state index contributed by atoms with van der Waals surface area (Å²) in [5.74, 6) is -1.06. The molecule has 0 spiro atoms. The minimum Gasteiger partial charge on any atom is -0.872 e. The molecule has 6 nitrogen and oxygen atoms in total. The molecule has 1 unspecified atom stereocenters. The highest BCUT2D eigenvalue weighted by Crippen LogP contribution is 2.39. The van der Waals surface area contributed by atoms with E-state index in [0.29, 0.717) is 23.4 Å². The van der Waals surface area contributed by atoms with Crippen molar-refractivity contribution in [2.45, 2.75) is 32.7 Å². The van der Waals surface area contributed by atoms with Crippen LogP contribution in [0.5, 0.6) is 5.75 Å². The standard InChI is InChI=1S/C26H32N2O4/c1-6-18-8-10-19(11-9-18)23-22(24(29)21-13-12-20(32-5)16-17(21)2)25(30)26(31)28(23)15-7-14-27(3)4/h8-13,16,23,29H,6-7,14-15H2,1-5H3. The molecule has 2 aromatic carbocycles. The Balaban J connectivity index is 2.11. The molecule has 170 valence electrons. The number of likely N-dealkylation sites (tertiary alicyclic amines) is 1. The number of ether oxygens (including phenoxy) is 1. The molecule has 0 aliphatic carbocycles. The zero-order chi connectivity index (χ0) is 23.4. The van der Waals surface area contributed by atoms with Gasteiger partial charge in [-0.1, -0.05) is 43.0 Å². The van der Waals surface area contributed by atoms with E-state index >= 15 is 0 Å². The third-order valence-electron chi connectivity index (χ3n) is 5.99. The van der Waals surface area contributed by atoms with Gasteiger partial charge in [-0.05, 0) is 47.7 Å². The molecular formula is C26H32N2O4. The molecular weight excluding hydrogens is 404 g/mol. The van der Waals surface area contributed by atoms with Gasteiger partial charge in [0, 0.05) is 18.5 Å². The van der Waals surface area contributed by atoms with Gasteiger partial charge in [-0.3, -0.25) is 9.59 Å². The van der Waals surface area contributed by atoms with Crippen molar-refractivity contribution in [3.8, 4) is 5.75 Å². The van der Waals surface area contributed by atoms with E-state index in [4.69, 9.17) is 4.74 Å². The summed E-state index contributed by atoms with van der Waals surface area (Å²) in [5.41, 5.74) is 3.09. The number of carbonyl (C=O) groups is 2. The number of benzene rings is 2. The van der Waals surface area contributed by atoms with Crippen molar-refractivity contribution in [1.82, 2.24) is 4.90 Å². The van der Waals surface area contributed by atoms with Gasteiger partial charge in [0.15, 0.2) is 0 Å². The van der Waals surface area contributed by atoms with Crippen molar-refractivity contribution < 1.29 is 24.3 Å². The first-order valence-corrected chi connectivity index (χ1v) is 11.1. The maximum absolute atomic E-state index is 13.6. The number of carbonyl (C=O) groups excluding carboxylic acids is 2. The lowest BCUT2D eigenvalue weighted by Gasteiger charge is -2.28. The average molecular weight is 437 g/mol. The number of Topliss-reactive ketones (excluding diaryl/α,β-unsaturated/α-hetero) is 1. The van der Waals surface area contributed by atoms with Gasteiger partial charge in [0.1, 0.15) is 5.75 Å². The van der Waals surface area contributed by atoms with Crippen LogP contribution in [-0.2, 0) is 16.0 Å². The van der Waals surface area contributed by atoms with Gasteiger partial charge >= 0.3 is 0 Å². The minimum atomic E-state index is -0.702.